The predicted octanol–water partition coefficient (Wildman–Crippen LogP) is 1.05. The van der Waals surface area contributed by atoms with Gasteiger partial charge in [0.25, 0.3) is 0 Å². The molecular weight excluding hydrogens is 262 g/mol. The summed E-state index contributed by atoms with van der Waals surface area (Å²) >= 11 is 1.57. The fourth-order valence-corrected chi connectivity index (χ4v) is 3.00. The van der Waals surface area contributed by atoms with E-state index < -0.39 is 0 Å². The summed E-state index contributed by atoms with van der Waals surface area (Å²) in [5, 5.41) is 6.38. The van der Waals surface area contributed by atoms with Gasteiger partial charge in [-0.2, -0.15) is 0 Å². The average Bonchev–Trinajstić information content (AvgIpc) is 3.01. The van der Waals surface area contributed by atoms with Gasteiger partial charge in [-0.25, -0.2) is 4.98 Å². The summed E-state index contributed by atoms with van der Waals surface area (Å²) in [6.45, 7) is 0.855. The van der Waals surface area contributed by atoms with Crippen LogP contribution in [0.25, 0.3) is 10.2 Å². The van der Waals surface area contributed by atoms with E-state index in [0.717, 1.165) is 15.2 Å². The fraction of sp³-hybridized carbons (Fsp3) is 0.308. The first-order chi connectivity index (χ1) is 9.22. The van der Waals surface area contributed by atoms with Crippen LogP contribution in [-0.4, -0.2) is 23.3 Å². The summed E-state index contributed by atoms with van der Waals surface area (Å²) in [5.41, 5.74) is 0.953. The number of nitrogens with one attached hydrogen (secondary N) is 2. The van der Waals surface area contributed by atoms with Crippen LogP contribution in [0.4, 0.5) is 0 Å². The number of hydrogen-bond acceptors (Lipinski definition) is 4. The zero-order chi connectivity index (χ0) is 13.2. The average molecular weight is 275 g/mol. The molecule has 1 atom stereocenters. The van der Waals surface area contributed by atoms with Gasteiger partial charge in [-0.1, -0.05) is 12.1 Å². The van der Waals surface area contributed by atoms with Crippen molar-refractivity contribution in [3.63, 3.8) is 0 Å². The van der Waals surface area contributed by atoms with Crippen LogP contribution in [0.1, 0.15) is 11.4 Å². The number of para-hydroxylation sites is 1. The molecule has 2 N–H and O–H groups in total. The van der Waals surface area contributed by atoms with E-state index in [1.54, 1.807) is 11.3 Å². The van der Waals surface area contributed by atoms with Crippen LogP contribution < -0.4 is 10.6 Å². The molecule has 1 saturated heterocycles. The number of carbonyl (C=O) groups excluding carboxylic acids is 2. The highest BCUT2D eigenvalue weighted by Crippen LogP contribution is 2.21. The minimum absolute atomic E-state index is 0.0554. The van der Waals surface area contributed by atoms with Crippen LogP contribution in [0.15, 0.2) is 24.3 Å². The first-order valence-corrected chi connectivity index (χ1v) is 6.93. The van der Waals surface area contributed by atoms with Crippen LogP contribution in [0, 0.1) is 5.92 Å². The van der Waals surface area contributed by atoms with E-state index in [1.165, 1.54) is 0 Å². The molecular formula is C13H13N3O2S. The van der Waals surface area contributed by atoms with E-state index >= 15 is 0 Å². The maximum absolute atomic E-state index is 11.9. The number of carbonyl (C=O) groups is 2. The van der Waals surface area contributed by atoms with Gasteiger partial charge in [0.2, 0.25) is 11.8 Å². The molecule has 1 aromatic carbocycles. The lowest BCUT2D eigenvalue weighted by molar-refractivity contribution is -0.126. The molecule has 98 valence electrons. The summed E-state index contributed by atoms with van der Waals surface area (Å²) in [6, 6.07) is 7.88. The smallest absolute Gasteiger partial charge is 0.225 e. The summed E-state index contributed by atoms with van der Waals surface area (Å²) in [4.78, 5) is 27.3. The number of benzene rings is 1. The molecule has 1 aliphatic heterocycles. The van der Waals surface area contributed by atoms with E-state index in [2.05, 4.69) is 15.6 Å². The number of amides is 2. The Bertz CT molecular complexity index is 605. The molecule has 2 heterocycles. The molecule has 2 aromatic rings. The van der Waals surface area contributed by atoms with Gasteiger partial charge in [0, 0.05) is 13.0 Å². The van der Waals surface area contributed by atoms with Gasteiger partial charge in [0.1, 0.15) is 5.01 Å². The maximum atomic E-state index is 11.9. The summed E-state index contributed by atoms with van der Waals surface area (Å²) < 4.78 is 1.12. The highest BCUT2D eigenvalue weighted by atomic mass is 32.1. The van der Waals surface area contributed by atoms with Crippen LogP contribution >= 0.6 is 11.3 Å². The number of fused-ring (bicyclic) bond motifs is 1. The molecule has 1 aromatic heterocycles. The van der Waals surface area contributed by atoms with Gasteiger partial charge in [0.05, 0.1) is 22.7 Å². The Hall–Kier alpha value is -1.95. The molecule has 0 unspecified atom stereocenters. The highest BCUT2D eigenvalue weighted by Gasteiger charge is 2.27. The maximum Gasteiger partial charge on any atom is 0.225 e. The van der Waals surface area contributed by atoms with Crippen molar-refractivity contribution < 1.29 is 9.59 Å². The van der Waals surface area contributed by atoms with Crippen LogP contribution in [0.2, 0.25) is 0 Å². The summed E-state index contributed by atoms with van der Waals surface area (Å²) in [6.07, 6.45) is 0.283. The number of rotatable bonds is 3. The van der Waals surface area contributed by atoms with Crippen LogP contribution in [0.3, 0.4) is 0 Å². The lowest BCUT2D eigenvalue weighted by Gasteiger charge is -2.07. The third-order valence-corrected chi connectivity index (χ3v) is 4.14. The molecule has 0 bridgehead atoms. The number of hydrogen-bond donors (Lipinski definition) is 2. The SMILES string of the molecule is O=C1C[C@H](C(=O)NCc2nc3ccccc3s2)CN1. The largest absolute Gasteiger partial charge is 0.355 e. The second kappa shape index (κ2) is 4.97. The molecule has 3 rings (SSSR count). The first-order valence-electron chi connectivity index (χ1n) is 6.11. The first kappa shape index (κ1) is 12.1. The molecule has 1 fully saturated rings. The second-order valence-electron chi connectivity index (χ2n) is 4.50. The summed E-state index contributed by atoms with van der Waals surface area (Å²) in [5.74, 6) is -0.389. The quantitative estimate of drug-likeness (QED) is 0.879. The van der Waals surface area contributed by atoms with Crippen molar-refractivity contribution in [3.05, 3.63) is 29.3 Å². The topological polar surface area (TPSA) is 71.1 Å². The molecule has 0 spiro atoms. The molecule has 6 heteroatoms. The number of aromatic nitrogens is 1. The Balaban J connectivity index is 1.62. The molecule has 2 amide bonds. The van der Waals surface area contributed by atoms with Crippen molar-refractivity contribution in [2.45, 2.75) is 13.0 Å². The van der Waals surface area contributed by atoms with Gasteiger partial charge in [0.15, 0.2) is 0 Å². The minimum Gasteiger partial charge on any atom is -0.355 e. The van der Waals surface area contributed by atoms with Crippen molar-refractivity contribution in [1.29, 1.82) is 0 Å². The van der Waals surface area contributed by atoms with Crippen molar-refractivity contribution in [2.75, 3.05) is 6.54 Å². The summed E-state index contributed by atoms with van der Waals surface area (Å²) in [7, 11) is 0. The van der Waals surface area contributed by atoms with E-state index in [0.29, 0.717) is 13.1 Å². The van der Waals surface area contributed by atoms with Crippen LogP contribution in [-0.2, 0) is 16.1 Å². The van der Waals surface area contributed by atoms with Crippen LogP contribution in [0.5, 0.6) is 0 Å². The standard InChI is InChI=1S/C13H13N3O2S/c17-11-5-8(6-14-11)13(18)15-7-12-16-9-3-1-2-4-10(9)19-12/h1-4,8H,5-7H2,(H,14,17)(H,15,18)/t8-/m0/s1. The zero-order valence-corrected chi connectivity index (χ0v) is 11.0. The lowest BCUT2D eigenvalue weighted by Crippen LogP contribution is -2.31. The van der Waals surface area contributed by atoms with E-state index in [-0.39, 0.29) is 24.2 Å². The Morgan fingerprint density at radius 2 is 2.32 bits per heavy atom. The predicted molar refractivity (Wildman–Crippen MR) is 72.6 cm³/mol. The third-order valence-electron chi connectivity index (χ3n) is 3.10. The van der Waals surface area contributed by atoms with Crippen molar-refractivity contribution >= 4 is 33.4 Å². The molecule has 1 aliphatic rings. The van der Waals surface area contributed by atoms with E-state index in [9.17, 15) is 9.59 Å². The Labute approximate surface area is 114 Å². The monoisotopic (exact) mass is 275 g/mol. The zero-order valence-electron chi connectivity index (χ0n) is 10.2. The normalized spacial score (nSPS) is 18.5. The molecule has 19 heavy (non-hydrogen) atoms. The van der Waals surface area contributed by atoms with E-state index in [1.807, 2.05) is 24.3 Å². The van der Waals surface area contributed by atoms with Gasteiger partial charge >= 0.3 is 0 Å². The Morgan fingerprint density at radius 3 is 3.05 bits per heavy atom. The van der Waals surface area contributed by atoms with E-state index in [4.69, 9.17) is 0 Å². The molecule has 0 radical (unpaired) electrons. The second-order valence-corrected chi connectivity index (χ2v) is 5.61. The van der Waals surface area contributed by atoms with Gasteiger partial charge < -0.3 is 10.6 Å². The highest BCUT2D eigenvalue weighted by molar-refractivity contribution is 7.18. The molecule has 5 nitrogen and oxygen atoms in total. The van der Waals surface area contributed by atoms with Crippen molar-refractivity contribution in [1.82, 2.24) is 15.6 Å². The Kier molecular flexibility index (Phi) is 3.16. The third kappa shape index (κ3) is 2.58. The Morgan fingerprint density at radius 1 is 1.47 bits per heavy atom. The minimum atomic E-state index is -0.248. The van der Waals surface area contributed by atoms with Gasteiger partial charge in [-0.05, 0) is 12.1 Å². The molecule has 0 saturated carbocycles. The lowest BCUT2D eigenvalue weighted by atomic mass is 10.1. The number of thiazole rings is 1. The van der Waals surface area contributed by atoms with Crippen molar-refractivity contribution in [2.24, 2.45) is 5.92 Å². The molecule has 0 aliphatic carbocycles. The number of nitrogens with zero attached hydrogens (tertiary/aromatic N) is 1. The van der Waals surface area contributed by atoms with Gasteiger partial charge in [-0.15, -0.1) is 11.3 Å². The van der Waals surface area contributed by atoms with Gasteiger partial charge in [-0.3, -0.25) is 9.59 Å². The fourth-order valence-electron chi connectivity index (χ4n) is 2.09. The van der Waals surface area contributed by atoms with Crippen molar-refractivity contribution in [3.8, 4) is 0 Å².